The van der Waals surface area contributed by atoms with E-state index in [4.69, 9.17) is 4.74 Å². The number of nitrogens with one attached hydrogen (secondary N) is 1. The maximum absolute atomic E-state index is 13.2. The van der Waals surface area contributed by atoms with Crippen molar-refractivity contribution in [3.05, 3.63) is 75.7 Å². The number of hydrogen-bond donors (Lipinski definition) is 1. The van der Waals surface area contributed by atoms with Gasteiger partial charge in [0.25, 0.3) is 5.91 Å². The monoisotopic (exact) mass is 541 g/mol. The molecule has 0 aliphatic carbocycles. The first kappa shape index (κ1) is 24.6. The quantitative estimate of drug-likeness (QED) is 0.350. The molecule has 0 spiro atoms. The molecule has 0 atom stereocenters. The zero-order valence-electron chi connectivity index (χ0n) is 19.6. The molecule has 2 aromatic heterocycles. The Morgan fingerprint density at radius 3 is 2.50 bits per heavy atom. The molecule has 8 nitrogen and oxygen atoms in total. The predicted octanol–water partition coefficient (Wildman–Crippen LogP) is 4.84. The molecule has 2 aromatic carbocycles. The second-order valence-corrected chi connectivity index (χ2v) is 12.2. The maximum atomic E-state index is 13.2. The van der Waals surface area contributed by atoms with Crippen LogP contribution in [-0.2, 0) is 27.7 Å². The van der Waals surface area contributed by atoms with Crippen LogP contribution in [0.4, 0.5) is 5.13 Å². The molecule has 1 amide bonds. The summed E-state index contributed by atoms with van der Waals surface area (Å²) in [5.41, 5.74) is 3.28. The summed E-state index contributed by atoms with van der Waals surface area (Å²) in [5.74, 6) is -0.768. The summed E-state index contributed by atoms with van der Waals surface area (Å²) in [5, 5.41) is 3.17. The van der Waals surface area contributed by atoms with Crippen LogP contribution in [0.3, 0.4) is 0 Å². The molecule has 36 heavy (non-hydrogen) atoms. The Morgan fingerprint density at radius 2 is 1.81 bits per heavy atom. The van der Waals surface area contributed by atoms with E-state index in [0.717, 1.165) is 15.8 Å². The highest BCUT2D eigenvalue weighted by molar-refractivity contribution is 7.89. The van der Waals surface area contributed by atoms with Crippen molar-refractivity contribution >= 4 is 59.2 Å². The molecule has 0 saturated heterocycles. The fraction of sp³-hybridized carbons (Fsp3) is 0.240. The fourth-order valence-electron chi connectivity index (χ4n) is 4.11. The first-order chi connectivity index (χ1) is 17.3. The normalized spacial score (nSPS) is 13.9. The van der Waals surface area contributed by atoms with Crippen LogP contribution in [-0.4, -0.2) is 42.7 Å². The number of anilines is 1. The van der Waals surface area contributed by atoms with E-state index in [9.17, 15) is 18.0 Å². The van der Waals surface area contributed by atoms with E-state index < -0.39 is 15.9 Å². The molecule has 1 N–H and O–H groups in total. The molecule has 5 rings (SSSR count). The number of thiophene rings is 1. The largest absolute Gasteiger partial charge is 0.462 e. The Balaban J connectivity index is 1.29. The highest BCUT2D eigenvalue weighted by Crippen LogP contribution is 2.37. The number of amides is 1. The predicted molar refractivity (Wildman–Crippen MR) is 140 cm³/mol. The molecular weight excluding hydrogens is 518 g/mol. The van der Waals surface area contributed by atoms with Crippen LogP contribution in [0.1, 0.15) is 43.6 Å². The van der Waals surface area contributed by atoms with Crippen molar-refractivity contribution in [2.24, 2.45) is 0 Å². The van der Waals surface area contributed by atoms with Gasteiger partial charge in [0.1, 0.15) is 9.71 Å². The summed E-state index contributed by atoms with van der Waals surface area (Å²) in [6.07, 6.45) is 0.669. The van der Waals surface area contributed by atoms with Crippen molar-refractivity contribution in [2.45, 2.75) is 31.7 Å². The van der Waals surface area contributed by atoms with Crippen molar-refractivity contribution in [3.8, 4) is 0 Å². The van der Waals surface area contributed by atoms with Gasteiger partial charge in [-0.05, 0) is 61.2 Å². The van der Waals surface area contributed by atoms with Gasteiger partial charge in [-0.1, -0.05) is 35.6 Å². The Labute approximate surface area is 216 Å². The Bertz CT molecular complexity index is 1570. The van der Waals surface area contributed by atoms with Crippen LogP contribution in [0.2, 0.25) is 0 Å². The topological polar surface area (TPSA) is 106 Å². The lowest BCUT2D eigenvalue weighted by Gasteiger charge is -2.28. The van der Waals surface area contributed by atoms with Crippen LogP contribution in [0.5, 0.6) is 0 Å². The number of nitrogens with zero attached hydrogens (tertiary/aromatic N) is 2. The molecule has 3 heterocycles. The number of fused-ring (bicyclic) bond motifs is 2. The van der Waals surface area contributed by atoms with Crippen LogP contribution >= 0.6 is 22.7 Å². The smallest absolute Gasteiger partial charge is 0.348 e. The van der Waals surface area contributed by atoms with Crippen LogP contribution in [0.25, 0.3) is 9.53 Å². The lowest BCUT2D eigenvalue weighted by molar-refractivity contribution is 0.0531. The van der Waals surface area contributed by atoms with E-state index in [2.05, 4.69) is 10.3 Å². The summed E-state index contributed by atoms with van der Waals surface area (Å²) in [6, 6.07) is 13.8. The summed E-state index contributed by atoms with van der Waals surface area (Å²) < 4.78 is 33.7. The number of ether oxygens (including phenoxy) is 1. The molecule has 0 unspecified atom stereocenters. The van der Waals surface area contributed by atoms with Gasteiger partial charge in [0, 0.05) is 18.7 Å². The minimum absolute atomic E-state index is 0.148. The summed E-state index contributed by atoms with van der Waals surface area (Å²) in [7, 11) is -3.68. The van der Waals surface area contributed by atoms with Crippen molar-refractivity contribution in [2.75, 3.05) is 18.5 Å². The number of esters is 1. The fourth-order valence-corrected chi connectivity index (χ4v) is 7.73. The molecule has 186 valence electrons. The molecule has 11 heteroatoms. The first-order valence-electron chi connectivity index (χ1n) is 11.3. The number of thiazole rings is 1. The molecule has 0 saturated carbocycles. The highest BCUT2D eigenvalue weighted by atomic mass is 32.2. The Kier molecular flexibility index (Phi) is 6.64. The van der Waals surface area contributed by atoms with Crippen LogP contribution in [0.15, 0.2) is 53.4 Å². The standard InChI is InChI=1S/C25H23N3O5S3/c1-3-33-24(30)21-15(2)20-23(34-21)27-25(35-20)26-22(29)17-8-10-19(11-9-17)36(31,32)28-13-12-16-6-4-5-7-18(16)14-28/h4-11H,3,12-14H2,1-2H3,(H,26,27,29). The van der Waals surface area contributed by atoms with Gasteiger partial charge in [-0.15, -0.1) is 11.3 Å². The lowest BCUT2D eigenvalue weighted by atomic mass is 10.0. The number of benzene rings is 2. The number of carbonyl (C=O) groups excluding carboxylic acids is 2. The van der Waals surface area contributed by atoms with E-state index in [1.807, 2.05) is 31.2 Å². The molecule has 0 fully saturated rings. The van der Waals surface area contributed by atoms with Crippen molar-refractivity contribution < 1.29 is 22.7 Å². The van der Waals surface area contributed by atoms with E-state index in [1.54, 1.807) is 6.92 Å². The van der Waals surface area contributed by atoms with Gasteiger partial charge in [0.2, 0.25) is 10.0 Å². The van der Waals surface area contributed by atoms with Gasteiger partial charge in [0.05, 0.1) is 16.2 Å². The lowest BCUT2D eigenvalue weighted by Crippen LogP contribution is -2.35. The summed E-state index contributed by atoms with van der Waals surface area (Å²) >= 11 is 2.51. The van der Waals surface area contributed by atoms with Gasteiger partial charge in [-0.3, -0.25) is 10.1 Å². The van der Waals surface area contributed by atoms with E-state index in [-0.39, 0.29) is 10.9 Å². The van der Waals surface area contributed by atoms with Crippen molar-refractivity contribution in [3.63, 3.8) is 0 Å². The third-order valence-corrected chi connectivity index (χ3v) is 10.3. The summed E-state index contributed by atoms with van der Waals surface area (Å²) in [6.45, 7) is 4.63. The number of rotatable bonds is 6. The van der Waals surface area contributed by atoms with Gasteiger partial charge in [-0.25, -0.2) is 18.2 Å². The molecular formula is C25H23N3O5S3. The van der Waals surface area contributed by atoms with E-state index in [1.165, 1.54) is 56.8 Å². The van der Waals surface area contributed by atoms with Crippen molar-refractivity contribution in [1.29, 1.82) is 0 Å². The second-order valence-electron chi connectivity index (χ2n) is 8.27. The zero-order chi connectivity index (χ0) is 25.4. The first-order valence-corrected chi connectivity index (χ1v) is 14.4. The van der Waals surface area contributed by atoms with Gasteiger partial charge in [0.15, 0.2) is 5.13 Å². The third kappa shape index (κ3) is 4.55. The molecule has 0 bridgehead atoms. The maximum Gasteiger partial charge on any atom is 0.348 e. The minimum Gasteiger partial charge on any atom is -0.462 e. The third-order valence-electron chi connectivity index (χ3n) is 6.01. The molecule has 0 radical (unpaired) electrons. The van der Waals surface area contributed by atoms with Gasteiger partial charge < -0.3 is 4.74 Å². The van der Waals surface area contributed by atoms with Crippen LogP contribution < -0.4 is 5.32 Å². The number of sulfonamides is 1. The SMILES string of the molecule is CCOC(=O)c1sc2nc(NC(=O)c3ccc(S(=O)(=O)N4CCc5ccccc5C4)cc3)sc2c1C. The van der Waals surface area contributed by atoms with Crippen LogP contribution in [0, 0.1) is 6.92 Å². The van der Waals surface area contributed by atoms with Gasteiger partial charge >= 0.3 is 5.97 Å². The second kappa shape index (κ2) is 9.74. The molecule has 1 aliphatic heterocycles. The minimum atomic E-state index is -3.68. The Hall–Kier alpha value is -3.12. The van der Waals surface area contributed by atoms with Crippen molar-refractivity contribution in [1.82, 2.24) is 9.29 Å². The number of aryl methyl sites for hydroxylation is 1. The molecule has 1 aliphatic rings. The van der Waals surface area contributed by atoms with Gasteiger partial charge in [-0.2, -0.15) is 4.31 Å². The van der Waals surface area contributed by atoms with E-state index in [0.29, 0.717) is 46.5 Å². The number of hydrogen-bond acceptors (Lipinski definition) is 8. The van der Waals surface area contributed by atoms with E-state index >= 15 is 0 Å². The number of carbonyl (C=O) groups is 2. The molecule has 4 aromatic rings. The Morgan fingerprint density at radius 1 is 1.08 bits per heavy atom. The average Bonchev–Trinajstić information content (AvgIpc) is 3.42. The highest BCUT2D eigenvalue weighted by Gasteiger charge is 2.28. The number of aromatic nitrogens is 1. The zero-order valence-corrected chi connectivity index (χ0v) is 22.1. The summed E-state index contributed by atoms with van der Waals surface area (Å²) in [4.78, 5) is 30.6. The average molecular weight is 542 g/mol.